The number of hydrogen-bond donors (Lipinski definition) is 0. The summed E-state index contributed by atoms with van der Waals surface area (Å²) >= 11 is 0. The van der Waals surface area contributed by atoms with E-state index in [1.54, 1.807) is 14.2 Å². The zero-order valence-electron chi connectivity index (χ0n) is 10.9. The Bertz CT molecular complexity index is 201. The zero-order valence-corrected chi connectivity index (χ0v) is 10.9. The first-order valence-corrected chi connectivity index (χ1v) is 5.37. The third kappa shape index (κ3) is 8.49. The highest BCUT2D eigenvalue weighted by atomic mass is 16.6. The van der Waals surface area contributed by atoms with E-state index in [-0.39, 0.29) is 6.09 Å². The maximum absolute atomic E-state index is 11.5. The molecule has 0 bridgehead atoms. The number of amides is 1. The Hall–Kier alpha value is -0.810. The van der Waals surface area contributed by atoms with Crippen LogP contribution in [-0.4, -0.2) is 57.1 Å². The van der Waals surface area contributed by atoms with Gasteiger partial charge in [0.05, 0.1) is 19.8 Å². The number of ether oxygens (including phenoxy) is 3. The number of nitrogens with zero attached hydrogens (tertiary/aromatic N) is 1. The summed E-state index contributed by atoms with van der Waals surface area (Å²) in [5.41, 5.74) is -0.456. The summed E-state index contributed by atoms with van der Waals surface area (Å²) < 4.78 is 15.3. The lowest BCUT2D eigenvalue weighted by molar-refractivity contribution is 0.0193. The number of methoxy groups -OCH3 is 1. The van der Waals surface area contributed by atoms with E-state index in [1.807, 2.05) is 20.8 Å². The minimum atomic E-state index is -0.456. The summed E-state index contributed by atoms with van der Waals surface area (Å²) in [6, 6.07) is 0. The van der Waals surface area contributed by atoms with Crippen molar-refractivity contribution in [3.8, 4) is 0 Å². The average molecular weight is 233 g/mol. The third-order valence-corrected chi connectivity index (χ3v) is 1.71. The quantitative estimate of drug-likeness (QED) is 0.653. The van der Waals surface area contributed by atoms with Crippen LogP contribution < -0.4 is 0 Å². The highest BCUT2D eigenvalue weighted by Gasteiger charge is 2.18. The molecule has 0 unspecified atom stereocenters. The highest BCUT2D eigenvalue weighted by molar-refractivity contribution is 5.67. The second kappa shape index (κ2) is 7.46. The summed E-state index contributed by atoms with van der Waals surface area (Å²) in [6.07, 6.45) is -0.331. The second-order valence-electron chi connectivity index (χ2n) is 4.51. The molecule has 0 aliphatic heterocycles. The molecule has 5 nitrogen and oxygen atoms in total. The molecule has 0 spiro atoms. The van der Waals surface area contributed by atoms with Crippen LogP contribution in [0.25, 0.3) is 0 Å². The predicted octanol–water partition coefficient (Wildman–Crippen LogP) is 1.52. The van der Waals surface area contributed by atoms with Crippen LogP contribution in [0.4, 0.5) is 4.79 Å². The highest BCUT2D eigenvalue weighted by Crippen LogP contribution is 2.08. The van der Waals surface area contributed by atoms with Gasteiger partial charge in [0.15, 0.2) is 0 Å². The van der Waals surface area contributed by atoms with Crippen LogP contribution in [0.3, 0.4) is 0 Å². The lowest BCUT2D eigenvalue weighted by Crippen LogP contribution is -2.36. The molecule has 0 atom stereocenters. The number of carbonyl (C=O) groups is 1. The molecule has 5 heteroatoms. The molecule has 0 radical (unpaired) electrons. The minimum Gasteiger partial charge on any atom is -0.444 e. The van der Waals surface area contributed by atoms with Crippen molar-refractivity contribution in [3.63, 3.8) is 0 Å². The Morgan fingerprint density at radius 2 is 1.81 bits per heavy atom. The Labute approximate surface area is 97.7 Å². The van der Waals surface area contributed by atoms with E-state index in [2.05, 4.69) is 0 Å². The van der Waals surface area contributed by atoms with Gasteiger partial charge in [-0.3, -0.25) is 0 Å². The Balaban J connectivity index is 3.64. The third-order valence-electron chi connectivity index (χ3n) is 1.71. The summed E-state index contributed by atoms with van der Waals surface area (Å²) in [6.45, 7) is 7.63. The van der Waals surface area contributed by atoms with Crippen molar-refractivity contribution in [2.45, 2.75) is 26.4 Å². The molecule has 0 fully saturated rings. The van der Waals surface area contributed by atoms with E-state index in [1.165, 1.54) is 4.90 Å². The van der Waals surface area contributed by atoms with Crippen molar-refractivity contribution in [2.75, 3.05) is 40.5 Å². The summed E-state index contributed by atoms with van der Waals surface area (Å²) in [7, 11) is 3.31. The molecule has 0 saturated carbocycles. The molecular weight excluding hydrogens is 210 g/mol. The van der Waals surface area contributed by atoms with E-state index >= 15 is 0 Å². The fourth-order valence-electron chi connectivity index (χ4n) is 0.877. The average Bonchev–Trinajstić information content (AvgIpc) is 2.14. The lowest BCUT2D eigenvalue weighted by Gasteiger charge is -2.24. The first kappa shape index (κ1) is 15.2. The fraction of sp³-hybridized carbons (Fsp3) is 0.909. The molecule has 0 saturated heterocycles. The zero-order chi connectivity index (χ0) is 12.6. The fourth-order valence-corrected chi connectivity index (χ4v) is 0.877. The summed E-state index contributed by atoms with van der Waals surface area (Å²) in [5, 5.41) is 0. The largest absolute Gasteiger partial charge is 0.444 e. The molecule has 0 aromatic carbocycles. The van der Waals surface area contributed by atoms with Crippen LogP contribution in [0.5, 0.6) is 0 Å². The summed E-state index contributed by atoms with van der Waals surface area (Å²) in [4.78, 5) is 13.0. The van der Waals surface area contributed by atoms with Gasteiger partial charge in [-0.1, -0.05) is 0 Å². The van der Waals surface area contributed by atoms with Crippen LogP contribution in [0, 0.1) is 0 Å². The molecule has 0 aromatic rings. The SMILES string of the molecule is COCCOCCN(C)C(=O)OC(C)(C)C. The van der Waals surface area contributed by atoms with Gasteiger partial charge in [-0.05, 0) is 20.8 Å². The van der Waals surface area contributed by atoms with Crippen LogP contribution >= 0.6 is 0 Å². The smallest absolute Gasteiger partial charge is 0.410 e. The first-order valence-electron chi connectivity index (χ1n) is 5.37. The van der Waals surface area contributed by atoms with E-state index in [0.717, 1.165) is 0 Å². The van der Waals surface area contributed by atoms with Crippen LogP contribution in [0.15, 0.2) is 0 Å². The van der Waals surface area contributed by atoms with Gasteiger partial charge in [0.2, 0.25) is 0 Å². The maximum Gasteiger partial charge on any atom is 0.410 e. The van der Waals surface area contributed by atoms with Crippen molar-refractivity contribution in [1.82, 2.24) is 4.90 Å². The number of hydrogen-bond acceptors (Lipinski definition) is 4. The van der Waals surface area contributed by atoms with E-state index in [9.17, 15) is 4.79 Å². The van der Waals surface area contributed by atoms with Gasteiger partial charge in [0, 0.05) is 20.7 Å². The van der Waals surface area contributed by atoms with Gasteiger partial charge >= 0.3 is 6.09 Å². The Morgan fingerprint density at radius 1 is 1.19 bits per heavy atom. The van der Waals surface area contributed by atoms with Gasteiger partial charge in [-0.2, -0.15) is 0 Å². The Morgan fingerprint density at radius 3 is 2.31 bits per heavy atom. The topological polar surface area (TPSA) is 48.0 Å². The van der Waals surface area contributed by atoms with Gasteiger partial charge in [0.1, 0.15) is 5.60 Å². The van der Waals surface area contributed by atoms with E-state index < -0.39 is 5.60 Å². The normalized spacial score (nSPS) is 11.3. The monoisotopic (exact) mass is 233 g/mol. The lowest BCUT2D eigenvalue weighted by atomic mass is 10.2. The van der Waals surface area contributed by atoms with Gasteiger partial charge in [-0.25, -0.2) is 4.79 Å². The predicted molar refractivity (Wildman–Crippen MR) is 61.6 cm³/mol. The molecule has 0 aliphatic carbocycles. The van der Waals surface area contributed by atoms with Gasteiger partial charge in [-0.15, -0.1) is 0 Å². The second-order valence-corrected chi connectivity index (χ2v) is 4.51. The molecule has 0 N–H and O–H groups in total. The molecule has 0 rings (SSSR count). The molecular formula is C11H23NO4. The van der Waals surface area contributed by atoms with E-state index in [4.69, 9.17) is 14.2 Å². The van der Waals surface area contributed by atoms with Gasteiger partial charge in [0.25, 0.3) is 0 Å². The van der Waals surface area contributed by atoms with Crippen LogP contribution in [0.1, 0.15) is 20.8 Å². The maximum atomic E-state index is 11.5. The molecule has 96 valence electrons. The van der Waals surface area contributed by atoms with E-state index in [0.29, 0.717) is 26.4 Å². The molecule has 16 heavy (non-hydrogen) atoms. The number of likely N-dealkylation sites (N-methyl/N-ethyl adjacent to an activating group) is 1. The molecule has 0 heterocycles. The standard InChI is InChI=1S/C11H23NO4/c1-11(2,3)16-10(13)12(4)6-7-15-9-8-14-5/h6-9H2,1-5H3. The molecule has 0 aromatic heterocycles. The summed E-state index contributed by atoms with van der Waals surface area (Å²) in [5.74, 6) is 0. The van der Waals surface area contributed by atoms with Crippen molar-refractivity contribution < 1.29 is 19.0 Å². The van der Waals surface area contributed by atoms with Crippen molar-refractivity contribution in [3.05, 3.63) is 0 Å². The number of rotatable bonds is 6. The first-order chi connectivity index (χ1) is 7.37. The number of carbonyl (C=O) groups excluding carboxylic acids is 1. The molecule has 0 aliphatic rings. The van der Waals surface area contributed by atoms with Crippen LogP contribution in [-0.2, 0) is 14.2 Å². The Kier molecular flexibility index (Phi) is 7.08. The van der Waals surface area contributed by atoms with Crippen molar-refractivity contribution in [1.29, 1.82) is 0 Å². The van der Waals surface area contributed by atoms with Gasteiger partial charge < -0.3 is 19.1 Å². The van der Waals surface area contributed by atoms with Crippen molar-refractivity contribution in [2.24, 2.45) is 0 Å². The van der Waals surface area contributed by atoms with Crippen LogP contribution in [0.2, 0.25) is 0 Å². The minimum absolute atomic E-state index is 0.331. The van der Waals surface area contributed by atoms with Crippen molar-refractivity contribution >= 4 is 6.09 Å². The molecule has 1 amide bonds.